The van der Waals surface area contributed by atoms with E-state index < -0.39 is 0 Å². The average molecular weight is 239 g/mol. The van der Waals surface area contributed by atoms with Crippen molar-refractivity contribution in [3.8, 4) is 0 Å². The Balaban J connectivity index is 1.94. The molecule has 1 aliphatic carbocycles. The summed E-state index contributed by atoms with van der Waals surface area (Å²) < 4.78 is 0. The van der Waals surface area contributed by atoms with Crippen molar-refractivity contribution in [1.29, 1.82) is 0 Å². The van der Waals surface area contributed by atoms with Gasteiger partial charge in [-0.2, -0.15) is 0 Å². The van der Waals surface area contributed by atoms with Gasteiger partial charge in [0.2, 0.25) is 0 Å². The topological polar surface area (TPSA) is 52.7 Å². The zero-order chi connectivity index (χ0) is 12.3. The van der Waals surface area contributed by atoms with Crippen molar-refractivity contribution in [2.45, 2.75) is 32.2 Å². The number of rotatable bonds is 2. The van der Waals surface area contributed by atoms with Crippen molar-refractivity contribution in [1.82, 2.24) is 15.1 Å². The van der Waals surface area contributed by atoms with Crippen molar-refractivity contribution >= 4 is 11.8 Å². The van der Waals surface area contributed by atoms with Crippen molar-refractivity contribution in [2.24, 2.45) is 0 Å². The Bertz CT molecular complexity index is 294. The molecule has 0 bridgehead atoms. The molecule has 0 spiro atoms. The summed E-state index contributed by atoms with van der Waals surface area (Å²) in [5, 5.41) is 3.23. The highest BCUT2D eigenvalue weighted by Gasteiger charge is 2.36. The Morgan fingerprint density at radius 3 is 2.71 bits per heavy atom. The van der Waals surface area contributed by atoms with Gasteiger partial charge in [0.1, 0.15) is 0 Å². The lowest BCUT2D eigenvalue weighted by atomic mass is 10.3. The largest absolute Gasteiger partial charge is 0.333 e. The van der Waals surface area contributed by atoms with Crippen LogP contribution in [0.25, 0.3) is 0 Å². The van der Waals surface area contributed by atoms with E-state index in [4.69, 9.17) is 0 Å². The highest BCUT2D eigenvalue weighted by Crippen LogP contribution is 2.26. The maximum absolute atomic E-state index is 12.1. The standard InChI is InChI=1S/C12H21N3O2/c1-2-15(10-4-5-10)12(17)11(16)14-8-3-6-13-7-9-14/h10,13H,2-9H2,1H3. The van der Waals surface area contributed by atoms with Gasteiger partial charge in [-0.3, -0.25) is 9.59 Å². The molecule has 0 atom stereocenters. The van der Waals surface area contributed by atoms with Crippen LogP contribution in [0.3, 0.4) is 0 Å². The summed E-state index contributed by atoms with van der Waals surface area (Å²) >= 11 is 0. The van der Waals surface area contributed by atoms with E-state index in [1.54, 1.807) is 9.80 Å². The second-order valence-corrected chi connectivity index (χ2v) is 4.72. The van der Waals surface area contributed by atoms with Gasteiger partial charge in [0.15, 0.2) is 0 Å². The average Bonchev–Trinajstić information content (AvgIpc) is 3.15. The molecule has 1 aliphatic heterocycles. The Kier molecular flexibility index (Phi) is 3.99. The predicted molar refractivity (Wildman–Crippen MR) is 64.5 cm³/mol. The first-order chi connectivity index (χ1) is 8.24. The van der Waals surface area contributed by atoms with E-state index in [-0.39, 0.29) is 11.8 Å². The number of likely N-dealkylation sites (N-methyl/N-ethyl adjacent to an activating group) is 1. The number of nitrogens with one attached hydrogen (secondary N) is 1. The molecule has 0 unspecified atom stereocenters. The van der Waals surface area contributed by atoms with Gasteiger partial charge in [-0.1, -0.05) is 0 Å². The minimum atomic E-state index is -0.317. The summed E-state index contributed by atoms with van der Waals surface area (Å²) in [4.78, 5) is 27.6. The van der Waals surface area contributed by atoms with Gasteiger partial charge in [0, 0.05) is 32.2 Å². The van der Waals surface area contributed by atoms with E-state index in [2.05, 4.69) is 5.32 Å². The number of nitrogens with zero attached hydrogens (tertiary/aromatic N) is 2. The molecule has 2 amide bonds. The van der Waals surface area contributed by atoms with Crippen molar-refractivity contribution < 1.29 is 9.59 Å². The van der Waals surface area contributed by atoms with Gasteiger partial charge in [-0.05, 0) is 32.7 Å². The molecular weight excluding hydrogens is 218 g/mol. The van der Waals surface area contributed by atoms with Gasteiger partial charge in [-0.15, -0.1) is 0 Å². The van der Waals surface area contributed by atoms with Crippen LogP contribution < -0.4 is 5.32 Å². The third-order valence-electron chi connectivity index (χ3n) is 3.40. The lowest BCUT2D eigenvalue weighted by Gasteiger charge is -2.25. The summed E-state index contributed by atoms with van der Waals surface area (Å²) in [5.41, 5.74) is 0. The second kappa shape index (κ2) is 5.49. The molecule has 1 N–H and O–H groups in total. The van der Waals surface area contributed by atoms with E-state index in [0.717, 1.165) is 32.4 Å². The van der Waals surface area contributed by atoms with Gasteiger partial charge >= 0.3 is 11.8 Å². The molecule has 1 saturated carbocycles. The smallest absolute Gasteiger partial charge is 0.312 e. The first kappa shape index (κ1) is 12.4. The zero-order valence-electron chi connectivity index (χ0n) is 10.4. The molecule has 1 saturated heterocycles. The summed E-state index contributed by atoms with van der Waals surface area (Å²) in [5.74, 6) is -0.626. The molecule has 2 rings (SSSR count). The third-order valence-corrected chi connectivity index (χ3v) is 3.40. The predicted octanol–water partition coefficient (Wildman–Crippen LogP) is -0.181. The Hall–Kier alpha value is -1.10. The minimum Gasteiger partial charge on any atom is -0.333 e. The van der Waals surface area contributed by atoms with Crippen LogP contribution in [0.4, 0.5) is 0 Å². The van der Waals surface area contributed by atoms with E-state index in [0.29, 0.717) is 25.7 Å². The number of hydrogen-bond donors (Lipinski definition) is 1. The van der Waals surface area contributed by atoms with Gasteiger partial charge in [-0.25, -0.2) is 0 Å². The normalized spacial score (nSPS) is 20.9. The Morgan fingerprint density at radius 1 is 1.29 bits per heavy atom. The lowest BCUT2D eigenvalue weighted by molar-refractivity contribution is -0.152. The SMILES string of the molecule is CCN(C(=O)C(=O)N1CCCNCC1)C1CC1. The summed E-state index contributed by atoms with van der Waals surface area (Å²) in [6.07, 6.45) is 3.03. The van der Waals surface area contributed by atoms with E-state index in [9.17, 15) is 9.59 Å². The fraction of sp³-hybridized carbons (Fsp3) is 0.833. The molecule has 0 aromatic heterocycles. The molecule has 1 heterocycles. The molecule has 0 radical (unpaired) electrons. The summed E-state index contributed by atoms with van der Waals surface area (Å²) in [6.45, 7) is 5.63. The van der Waals surface area contributed by atoms with Crippen molar-refractivity contribution in [3.05, 3.63) is 0 Å². The van der Waals surface area contributed by atoms with E-state index in [1.165, 1.54) is 0 Å². The maximum atomic E-state index is 12.1. The summed E-state index contributed by atoms with van der Waals surface area (Å²) in [6, 6.07) is 0.321. The van der Waals surface area contributed by atoms with E-state index >= 15 is 0 Å². The molecule has 17 heavy (non-hydrogen) atoms. The third kappa shape index (κ3) is 2.97. The fourth-order valence-electron chi connectivity index (χ4n) is 2.26. The molecule has 0 aromatic rings. The van der Waals surface area contributed by atoms with Crippen LogP contribution >= 0.6 is 0 Å². The van der Waals surface area contributed by atoms with Gasteiger partial charge < -0.3 is 15.1 Å². The Morgan fingerprint density at radius 2 is 2.06 bits per heavy atom. The molecule has 2 aliphatic rings. The lowest BCUT2D eigenvalue weighted by Crippen LogP contribution is -2.47. The monoisotopic (exact) mass is 239 g/mol. The van der Waals surface area contributed by atoms with Gasteiger partial charge in [0.25, 0.3) is 0 Å². The van der Waals surface area contributed by atoms with E-state index in [1.807, 2.05) is 6.92 Å². The fourth-order valence-corrected chi connectivity index (χ4v) is 2.26. The highest BCUT2D eigenvalue weighted by molar-refractivity contribution is 6.35. The molecule has 5 heteroatoms. The summed E-state index contributed by atoms with van der Waals surface area (Å²) in [7, 11) is 0. The van der Waals surface area contributed by atoms with Crippen LogP contribution in [0.15, 0.2) is 0 Å². The van der Waals surface area contributed by atoms with Crippen molar-refractivity contribution in [2.75, 3.05) is 32.7 Å². The maximum Gasteiger partial charge on any atom is 0.312 e. The van der Waals surface area contributed by atoms with Crippen LogP contribution in [0.2, 0.25) is 0 Å². The molecular formula is C12H21N3O2. The quantitative estimate of drug-likeness (QED) is 0.680. The van der Waals surface area contributed by atoms with Crippen LogP contribution in [-0.4, -0.2) is 60.4 Å². The first-order valence-corrected chi connectivity index (χ1v) is 6.54. The number of carbonyl (C=O) groups excluding carboxylic acids is 2. The van der Waals surface area contributed by atoms with Crippen LogP contribution in [0, 0.1) is 0 Å². The number of carbonyl (C=O) groups is 2. The highest BCUT2D eigenvalue weighted by atomic mass is 16.2. The molecule has 96 valence electrons. The Labute approximate surface area is 102 Å². The van der Waals surface area contributed by atoms with Gasteiger partial charge in [0.05, 0.1) is 0 Å². The molecule has 2 fully saturated rings. The first-order valence-electron chi connectivity index (χ1n) is 6.54. The minimum absolute atomic E-state index is 0.308. The van der Waals surface area contributed by atoms with Crippen molar-refractivity contribution in [3.63, 3.8) is 0 Å². The molecule has 5 nitrogen and oxygen atoms in total. The van der Waals surface area contributed by atoms with Crippen LogP contribution in [-0.2, 0) is 9.59 Å². The van der Waals surface area contributed by atoms with Crippen LogP contribution in [0.5, 0.6) is 0 Å². The van der Waals surface area contributed by atoms with Crippen LogP contribution in [0.1, 0.15) is 26.2 Å². The number of amides is 2. The second-order valence-electron chi connectivity index (χ2n) is 4.72. The number of hydrogen-bond acceptors (Lipinski definition) is 3. The zero-order valence-corrected chi connectivity index (χ0v) is 10.4. The molecule has 0 aromatic carbocycles.